The Morgan fingerprint density at radius 2 is 1.82 bits per heavy atom. The molecule has 2 aliphatic rings. The molecule has 1 aromatic heterocycles. The van der Waals surface area contributed by atoms with E-state index >= 15 is 0 Å². The first-order valence-electron chi connectivity index (χ1n) is 11.9. The first-order valence-corrected chi connectivity index (χ1v) is 11.9. The zero-order valence-electron chi connectivity index (χ0n) is 19.5. The van der Waals surface area contributed by atoms with Crippen LogP contribution in [0.4, 0.5) is 4.39 Å². The molecule has 33 heavy (non-hydrogen) atoms. The molecular formula is C28H32FN3O. The third-order valence-electron chi connectivity index (χ3n) is 7.74. The summed E-state index contributed by atoms with van der Waals surface area (Å²) in [5, 5.41) is 15.3. The van der Waals surface area contributed by atoms with Crippen molar-refractivity contribution in [3.63, 3.8) is 0 Å². The summed E-state index contributed by atoms with van der Waals surface area (Å²) in [5.41, 5.74) is 6.62. The van der Waals surface area contributed by atoms with Gasteiger partial charge in [0.15, 0.2) is 0 Å². The summed E-state index contributed by atoms with van der Waals surface area (Å²) in [6.07, 6.45) is 7.46. The van der Waals surface area contributed by atoms with Gasteiger partial charge in [0.2, 0.25) is 0 Å². The SMILES string of the molecule is CC1=Cc2c(cnn2-c2ccc(F)cc2)C[C@@]1(C)C(CO)c1ccccc1CN1CCCC1. The van der Waals surface area contributed by atoms with Gasteiger partial charge in [-0.2, -0.15) is 5.10 Å². The molecule has 0 spiro atoms. The Morgan fingerprint density at radius 1 is 1.09 bits per heavy atom. The minimum absolute atomic E-state index is 0.00475. The number of halogens is 1. The van der Waals surface area contributed by atoms with Gasteiger partial charge in [0.05, 0.1) is 24.2 Å². The maximum Gasteiger partial charge on any atom is 0.123 e. The number of aliphatic hydroxyl groups is 1. The monoisotopic (exact) mass is 445 g/mol. The summed E-state index contributed by atoms with van der Waals surface area (Å²) in [6.45, 7) is 7.78. The maximum atomic E-state index is 13.4. The van der Waals surface area contributed by atoms with Crippen molar-refractivity contribution in [3.8, 4) is 5.69 Å². The minimum Gasteiger partial charge on any atom is -0.396 e. The number of fused-ring (bicyclic) bond motifs is 1. The highest BCUT2D eigenvalue weighted by Crippen LogP contribution is 2.49. The molecule has 4 nitrogen and oxygen atoms in total. The Balaban J connectivity index is 1.49. The normalized spacial score (nSPS) is 21.6. The van der Waals surface area contributed by atoms with Crippen LogP contribution >= 0.6 is 0 Å². The molecule has 0 amide bonds. The molecule has 0 bridgehead atoms. The molecule has 1 saturated heterocycles. The topological polar surface area (TPSA) is 41.3 Å². The molecule has 2 aromatic carbocycles. The standard InChI is InChI=1S/C28H32FN3O/c1-20-15-27-22(17-30-32(27)24-11-9-23(29)10-12-24)16-28(20,2)26(19-33)25-8-4-3-7-21(25)18-31-13-5-6-14-31/h3-4,7-12,15,17,26,33H,5-6,13-14,16,18-19H2,1-2H3/t26?,28-/m1/s1. The van der Waals surface area contributed by atoms with E-state index in [1.807, 2.05) is 10.9 Å². The summed E-state index contributed by atoms with van der Waals surface area (Å²) in [5.74, 6) is -0.257. The summed E-state index contributed by atoms with van der Waals surface area (Å²) in [4.78, 5) is 2.52. The first-order chi connectivity index (χ1) is 16.0. The number of nitrogens with zero attached hydrogens (tertiary/aromatic N) is 3. The number of hydrogen-bond acceptors (Lipinski definition) is 3. The number of allylic oxidation sites excluding steroid dienone is 1. The van der Waals surface area contributed by atoms with E-state index in [4.69, 9.17) is 0 Å². The fourth-order valence-electron chi connectivity index (χ4n) is 5.62. The average Bonchev–Trinajstić information content (AvgIpc) is 3.46. The van der Waals surface area contributed by atoms with Gasteiger partial charge >= 0.3 is 0 Å². The second-order valence-corrected chi connectivity index (χ2v) is 9.78. The van der Waals surface area contributed by atoms with E-state index in [9.17, 15) is 9.50 Å². The van der Waals surface area contributed by atoms with Crippen molar-refractivity contribution in [2.24, 2.45) is 5.41 Å². The molecule has 2 heterocycles. The number of benzene rings is 2. The Hall–Kier alpha value is -2.76. The summed E-state index contributed by atoms with van der Waals surface area (Å²) < 4.78 is 15.3. The number of likely N-dealkylation sites (tertiary alicyclic amines) is 1. The molecule has 1 aliphatic heterocycles. The van der Waals surface area contributed by atoms with Crippen LogP contribution in [-0.2, 0) is 13.0 Å². The lowest BCUT2D eigenvalue weighted by Gasteiger charge is -2.41. The van der Waals surface area contributed by atoms with Crippen LogP contribution in [0.5, 0.6) is 0 Å². The van der Waals surface area contributed by atoms with Crippen LogP contribution in [0.25, 0.3) is 11.8 Å². The molecule has 1 N–H and O–H groups in total. The molecule has 0 radical (unpaired) electrons. The quantitative estimate of drug-likeness (QED) is 0.556. The lowest BCUT2D eigenvalue weighted by molar-refractivity contribution is 0.182. The molecule has 3 aromatic rings. The van der Waals surface area contributed by atoms with E-state index in [0.29, 0.717) is 0 Å². The Bertz CT molecular complexity index is 1160. The first kappa shape index (κ1) is 22.1. The highest BCUT2D eigenvalue weighted by atomic mass is 19.1. The van der Waals surface area contributed by atoms with Crippen molar-refractivity contribution < 1.29 is 9.50 Å². The number of hydrogen-bond donors (Lipinski definition) is 1. The molecule has 5 heteroatoms. The number of aromatic nitrogens is 2. The lowest BCUT2D eigenvalue weighted by Crippen LogP contribution is -2.35. The van der Waals surface area contributed by atoms with Crippen LogP contribution in [0.1, 0.15) is 55.0 Å². The van der Waals surface area contributed by atoms with Gasteiger partial charge in [0.25, 0.3) is 0 Å². The third kappa shape index (κ3) is 4.04. The summed E-state index contributed by atoms with van der Waals surface area (Å²) in [7, 11) is 0. The molecule has 1 fully saturated rings. The predicted molar refractivity (Wildman–Crippen MR) is 130 cm³/mol. The fourth-order valence-corrected chi connectivity index (χ4v) is 5.62. The van der Waals surface area contributed by atoms with Crippen LogP contribution in [0.15, 0.2) is 60.3 Å². The van der Waals surface area contributed by atoms with E-state index in [-0.39, 0.29) is 23.8 Å². The Labute approximate surface area is 195 Å². The van der Waals surface area contributed by atoms with Crippen molar-refractivity contribution in [2.75, 3.05) is 19.7 Å². The summed E-state index contributed by atoms with van der Waals surface area (Å²) in [6, 6.07) is 15.1. The molecule has 5 rings (SSSR count). The van der Waals surface area contributed by atoms with Gasteiger partial charge in [-0.15, -0.1) is 0 Å². The zero-order chi connectivity index (χ0) is 23.0. The van der Waals surface area contributed by atoms with Crippen LogP contribution in [0.2, 0.25) is 0 Å². The van der Waals surface area contributed by atoms with Crippen LogP contribution < -0.4 is 0 Å². The van der Waals surface area contributed by atoms with E-state index in [1.165, 1.54) is 41.7 Å². The summed E-state index contributed by atoms with van der Waals surface area (Å²) >= 11 is 0. The van der Waals surface area contributed by atoms with Crippen LogP contribution in [-0.4, -0.2) is 39.5 Å². The maximum absolute atomic E-state index is 13.4. The molecular weight excluding hydrogens is 413 g/mol. The third-order valence-corrected chi connectivity index (χ3v) is 7.74. The highest BCUT2D eigenvalue weighted by molar-refractivity contribution is 5.61. The Morgan fingerprint density at radius 3 is 2.55 bits per heavy atom. The van der Waals surface area contributed by atoms with Gasteiger partial charge in [-0.25, -0.2) is 9.07 Å². The van der Waals surface area contributed by atoms with Crippen molar-refractivity contribution in [2.45, 2.75) is 45.6 Å². The van der Waals surface area contributed by atoms with Crippen LogP contribution in [0, 0.1) is 11.2 Å². The van der Waals surface area contributed by atoms with E-state index in [2.05, 4.69) is 54.2 Å². The fraction of sp³-hybridized carbons (Fsp3) is 0.393. The van der Waals surface area contributed by atoms with Gasteiger partial charge in [-0.1, -0.05) is 36.8 Å². The van der Waals surface area contributed by atoms with E-state index in [0.717, 1.165) is 43.0 Å². The Kier molecular flexibility index (Phi) is 5.94. The van der Waals surface area contributed by atoms with Crippen molar-refractivity contribution in [1.82, 2.24) is 14.7 Å². The van der Waals surface area contributed by atoms with E-state index < -0.39 is 0 Å². The van der Waals surface area contributed by atoms with Crippen molar-refractivity contribution in [3.05, 3.63) is 88.5 Å². The molecule has 2 atom stereocenters. The van der Waals surface area contributed by atoms with Crippen LogP contribution in [0.3, 0.4) is 0 Å². The number of aliphatic hydroxyl groups excluding tert-OH is 1. The molecule has 1 unspecified atom stereocenters. The van der Waals surface area contributed by atoms with Gasteiger partial charge in [-0.3, -0.25) is 4.90 Å². The molecule has 1 aliphatic carbocycles. The molecule has 172 valence electrons. The average molecular weight is 446 g/mol. The van der Waals surface area contributed by atoms with Crippen molar-refractivity contribution in [1.29, 1.82) is 0 Å². The number of rotatable bonds is 6. The van der Waals surface area contributed by atoms with Gasteiger partial charge in [-0.05, 0) is 86.3 Å². The smallest absolute Gasteiger partial charge is 0.123 e. The molecule has 0 saturated carbocycles. The highest BCUT2D eigenvalue weighted by Gasteiger charge is 2.41. The van der Waals surface area contributed by atoms with Gasteiger partial charge in [0.1, 0.15) is 5.82 Å². The van der Waals surface area contributed by atoms with Gasteiger partial charge in [0, 0.05) is 17.9 Å². The zero-order valence-corrected chi connectivity index (χ0v) is 19.5. The van der Waals surface area contributed by atoms with Gasteiger partial charge < -0.3 is 5.11 Å². The largest absolute Gasteiger partial charge is 0.396 e. The van der Waals surface area contributed by atoms with Crippen molar-refractivity contribution >= 4 is 6.08 Å². The van der Waals surface area contributed by atoms with E-state index in [1.54, 1.807) is 12.1 Å². The second-order valence-electron chi connectivity index (χ2n) is 9.78. The minimum atomic E-state index is -0.252. The predicted octanol–water partition coefficient (Wildman–Crippen LogP) is 5.35. The second kappa shape index (κ2) is 8.88. The lowest BCUT2D eigenvalue weighted by atomic mass is 9.63.